The number of carbonyl (C=O) groups is 2. The van der Waals surface area contributed by atoms with Crippen LogP contribution in [-0.4, -0.2) is 69.4 Å². The van der Waals surface area contributed by atoms with Gasteiger partial charge in [-0.2, -0.15) is 4.31 Å². The summed E-state index contributed by atoms with van der Waals surface area (Å²) in [5.74, 6) is 0.139. The summed E-state index contributed by atoms with van der Waals surface area (Å²) in [6, 6.07) is 11.3. The van der Waals surface area contributed by atoms with Crippen LogP contribution in [0.25, 0.3) is 0 Å². The third-order valence-corrected chi connectivity index (χ3v) is 7.19. The molecule has 0 aliphatic carbocycles. The van der Waals surface area contributed by atoms with Gasteiger partial charge in [-0.3, -0.25) is 15.0 Å². The van der Waals surface area contributed by atoms with Crippen molar-refractivity contribution < 1.29 is 22.7 Å². The average Bonchev–Trinajstić information content (AvgIpc) is 2.76. The van der Waals surface area contributed by atoms with E-state index in [0.29, 0.717) is 24.5 Å². The zero-order chi connectivity index (χ0) is 23.3. The lowest BCUT2D eigenvalue weighted by Crippen LogP contribution is -2.51. The molecule has 0 radical (unpaired) electrons. The quantitative estimate of drug-likeness (QED) is 0.682. The fourth-order valence-corrected chi connectivity index (χ4v) is 4.92. The summed E-state index contributed by atoms with van der Waals surface area (Å²) in [7, 11) is -2.09. The normalized spacial score (nSPS) is 15.2. The summed E-state index contributed by atoms with van der Waals surface area (Å²) in [6.07, 6.45) is 0. The molecule has 2 aromatic rings. The van der Waals surface area contributed by atoms with Crippen molar-refractivity contribution in [1.29, 1.82) is 0 Å². The highest BCUT2D eigenvalue weighted by Crippen LogP contribution is 2.20. The zero-order valence-corrected chi connectivity index (χ0v) is 19.2. The third-order valence-electron chi connectivity index (χ3n) is 5.28. The van der Waals surface area contributed by atoms with Gasteiger partial charge in [0.1, 0.15) is 5.75 Å². The predicted molar refractivity (Wildman–Crippen MR) is 121 cm³/mol. The molecule has 0 unspecified atom stereocenters. The van der Waals surface area contributed by atoms with Crippen LogP contribution >= 0.6 is 0 Å². The van der Waals surface area contributed by atoms with E-state index in [0.717, 1.165) is 11.1 Å². The number of methoxy groups -OCH3 is 1. The number of ether oxygens (including phenoxy) is 1. The number of imide groups is 1. The number of sulfonamides is 1. The molecule has 0 saturated carbocycles. The number of nitrogens with one attached hydrogen (secondary N) is 2. The van der Waals surface area contributed by atoms with Gasteiger partial charge in [-0.1, -0.05) is 17.7 Å². The van der Waals surface area contributed by atoms with Crippen molar-refractivity contribution in [3.05, 3.63) is 53.6 Å². The van der Waals surface area contributed by atoms with Gasteiger partial charge in [0.15, 0.2) is 0 Å². The number of nitrogens with zero attached hydrogens (tertiary/aromatic N) is 2. The van der Waals surface area contributed by atoms with Gasteiger partial charge in [-0.25, -0.2) is 13.2 Å². The largest absolute Gasteiger partial charge is 0.497 e. The number of anilines is 1. The minimum absolute atomic E-state index is 0.0106. The lowest BCUT2D eigenvalue weighted by molar-refractivity contribution is -0.121. The Labute approximate surface area is 188 Å². The first-order valence-electron chi connectivity index (χ1n) is 10.2. The van der Waals surface area contributed by atoms with Crippen LogP contribution in [-0.2, 0) is 14.8 Å². The number of urea groups is 1. The molecule has 2 aromatic carbocycles. The van der Waals surface area contributed by atoms with Crippen molar-refractivity contribution in [3.8, 4) is 5.75 Å². The van der Waals surface area contributed by atoms with E-state index >= 15 is 0 Å². The van der Waals surface area contributed by atoms with Crippen LogP contribution in [0.3, 0.4) is 0 Å². The molecule has 1 aliphatic rings. The Morgan fingerprint density at radius 1 is 1.00 bits per heavy atom. The summed E-state index contributed by atoms with van der Waals surface area (Å²) in [5, 5.41) is 4.99. The maximum atomic E-state index is 12.8. The lowest BCUT2D eigenvalue weighted by atomic mass is 10.1. The molecule has 0 aromatic heterocycles. The molecule has 172 valence electrons. The number of hydrogen-bond donors (Lipinski definition) is 2. The molecule has 1 fully saturated rings. The molecular formula is C22H28N4O5S. The lowest BCUT2D eigenvalue weighted by Gasteiger charge is -2.33. The summed E-state index contributed by atoms with van der Waals surface area (Å²) >= 11 is 0. The minimum atomic E-state index is -3.61. The van der Waals surface area contributed by atoms with E-state index in [4.69, 9.17) is 4.74 Å². The second kappa shape index (κ2) is 10.1. The van der Waals surface area contributed by atoms with E-state index in [2.05, 4.69) is 10.6 Å². The molecule has 32 heavy (non-hydrogen) atoms. The van der Waals surface area contributed by atoms with Crippen molar-refractivity contribution >= 4 is 27.6 Å². The molecule has 0 atom stereocenters. The van der Waals surface area contributed by atoms with E-state index < -0.39 is 22.0 Å². The maximum Gasteiger partial charge on any atom is 0.325 e. The van der Waals surface area contributed by atoms with E-state index in [1.807, 2.05) is 30.9 Å². The summed E-state index contributed by atoms with van der Waals surface area (Å²) < 4.78 is 32.1. The second-order valence-electron chi connectivity index (χ2n) is 7.68. The van der Waals surface area contributed by atoms with Crippen molar-refractivity contribution in [3.63, 3.8) is 0 Å². The Balaban J connectivity index is 1.48. The number of hydrogen-bond acceptors (Lipinski definition) is 6. The molecule has 1 aliphatic heterocycles. The van der Waals surface area contributed by atoms with E-state index in [9.17, 15) is 18.0 Å². The van der Waals surface area contributed by atoms with Crippen LogP contribution in [0.5, 0.6) is 5.75 Å². The van der Waals surface area contributed by atoms with E-state index in [-0.39, 0.29) is 24.5 Å². The molecule has 1 saturated heterocycles. The SMILES string of the molecule is COc1ccc(S(=O)(=O)N2CCN(CC(=O)NC(=O)Nc3ccc(C)cc3C)CC2)cc1. The van der Waals surface area contributed by atoms with Crippen LogP contribution in [0.1, 0.15) is 11.1 Å². The van der Waals surface area contributed by atoms with Crippen LogP contribution in [0, 0.1) is 13.8 Å². The predicted octanol–water partition coefficient (Wildman–Crippen LogP) is 1.97. The van der Waals surface area contributed by atoms with E-state index in [1.165, 1.54) is 23.5 Å². The first-order valence-corrected chi connectivity index (χ1v) is 11.7. The van der Waals surface area contributed by atoms with Gasteiger partial charge in [-0.05, 0) is 49.7 Å². The van der Waals surface area contributed by atoms with Crippen LogP contribution in [0.15, 0.2) is 47.4 Å². The Morgan fingerprint density at radius 2 is 1.66 bits per heavy atom. The Hall–Kier alpha value is -2.95. The van der Waals surface area contributed by atoms with Crippen LogP contribution in [0.2, 0.25) is 0 Å². The Kier molecular flexibility index (Phi) is 7.49. The third kappa shape index (κ3) is 5.84. The van der Waals surface area contributed by atoms with E-state index in [1.54, 1.807) is 18.2 Å². The van der Waals surface area contributed by atoms with Crippen LogP contribution < -0.4 is 15.4 Å². The molecular weight excluding hydrogens is 432 g/mol. The van der Waals surface area contributed by atoms with Gasteiger partial charge in [-0.15, -0.1) is 0 Å². The summed E-state index contributed by atoms with van der Waals surface area (Å²) in [4.78, 5) is 26.4. The molecule has 9 nitrogen and oxygen atoms in total. The molecule has 10 heteroatoms. The standard InChI is InChI=1S/C22H28N4O5S/c1-16-4-9-20(17(2)14-16)23-22(28)24-21(27)15-25-10-12-26(13-11-25)32(29,30)19-7-5-18(31-3)6-8-19/h4-9,14H,10-13,15H2,1-3H3,(H2,23,24,27,28). The Bertz CT molecular complexity index is 1080. The highest BCUT2D eigenvalue weighted by atomic mass is 32.2. The van der Waals surface area contributed by atoms with Crippen molar-refractivity contribution in [2.24, 2.45) is 0 Å². The first kappa shape index (κ1) is 23.7. The topological polar surface area (TPSA) is 108 Å². The van der Waals surface area contributed by atoms with Crippen molar-refractivity contribution in [2.75, 3.05) is 45.2 Å². The zero-order valence-electron chi connectivity index (χ0n) is 18.4. The van der Waals surface area contributed by atoms with Gasteiger partial charge >= 0.3 is 6.03 Å². The average molecular weight is 461 g/mol. The number of carbonyl (C=O) groups excluding carboxylic acids is 2. The van der Waals surface area contributed by atoms with Crippen LogP contribution in [0.4, 0.5) is 10.5 Å². The molecule has 1 heterocycles. The second-order valence-corrected chi connectivity index (χ2v) is 9.61. The summed E-state index contributed by atoms with van der Waals surface area (Å²) in [5.41, 5.74) is 2.62. The fourth-order valence-electron chi connectivity index (χ4n) is 3.50. The molecule has 3 amide bonds. The number of aryl methyl sites for hydroxylation is 2. The molecule has 0 spiro atoms. The summed E-state index contributed by atoms with van der Waals surface area (Å²) in [6.45, 7) is 5.15. The number of piperazine rings is 1. The first-order chi connectivity index (χ1) is 15.2. The van der Waals surface area contributed by atoms with Crippen molar-refractivity contribution in [1.82, 2.24) is 14.5 Å². The fraction of sp³-hybridized carbons (Fsp3) is 0.364. The number of rotatable bonds is 6. The smallest absolute Gasteiger partial charge is 0.325 e. The van der Waals surface area contributed by atoms with Crippen molar-refractivity contribution in [2.45, 2.75) is 18.7 Å². The Morgan fingerprint density at radius 3 is 2.25 bits per heavy atom. The van der Waals surface area contributed by atoms with Gasteiger partial charge < -0.3 is 10.1 Å². The van der Waals surface area contributed by atoms with Gasteiger partial charge in [0.25, 0.3) is 0 Å². The van der Waals surface area contributed by atoms with Gasteiger partial charge in [0, 0.05) is 31.9 Å². The number of amides is 3. The van der Waals surface area contributed by atoms with Gasteiger partial charge in [0.2, 0.25) is 15.9 Å². The molecule has 2 N–H and O–H groups in total. The molecule has 3 rings (SSSR count). The monoisotopic (exact) mass is 460 g/mol. The highest BCUT2D eigenvalue weighted by molar-refractivity contribution is 7.89. The maximum absolute atomic E-state index is 12.8. The van der Waals surface area contributed by atoms with Gasteiger partial charge in [0.05, 0.1) is 18.6 Å². The molecule has 0 bridgehead atoms. The minimum Gasteiger partial charge on any atom is -0.497 e. The number of benzene rings is 2. The highest BCUT2D eigenvalue weighted by Gasteiger charge is 2.29.